The van der Waals surface area contributed by atoms with Crippen LogP contribution in [0.2, 0.25) is 0 Å². The fourth-order valence-corrected chi connectivity index (χ4v) is 2.36. The highest BCUT2D eigenvalue weighted by Gasteiger charge is 2.24. The number of ketones is 1. The Balaban J connectivity index is 2.18. The molecule has 2 aromatic rings. The molecular weight excluding hydrogens is 337 g/mol. The van der Waals surface area contributed by atoms with Crippen LogP contribution in [0.4, 0.5) is 10.1 Å². The van der Waals surface area contributed by atoms with Gasteiger partial charge in [-0.2, -0.15) is 0 Å². The van der Waals surface area contributed by atoms with Gasteiger partial charge >= 0.3 is 0 Å². The van der Waals surface area contributed by atoms with Crippen molar-refractivity contribution < 1.29 is 18.8 Å². The Bertz CT molecular complexity index is 879. The number of hydrogen-bond donors (Lipinski definition) is 2. The number of Topliss-reactive ketones (excluding diaryl/α,β-unsaturated/α-hetero) is 1. The van der Waals surface area contributed by atoms with E-state index in [0.29, 0.717) is 11.3 Å². The lowest BCUT2D eigenvalue weighted by atomic mass is 10.1. The molecule has 1 heterocycles. The van der Waals surface area contributed by atoms with Gasteiger partial charge in [-0.15, -0.1) is 0 Å². The number of carbonyl (C=O) groups excluding carboxylic acids is 3. The third-order valence-corrected chi connectivity index (χ3v) is 3.61. The molecule has 0 aliphatic heterocycles. The van der Waals surface area contributed by atoms with Crippen LogP contribution in [0, 0.1) is 12.7 Å². The van der Waals surface area contributed by atoms with Gasteiger partial charge in [0.25, 0.3) is 17.6 Å². The average molecular weight is 359 g/mol. The van der Waals surface area contributed by atoms with E-state index in [4.69, 9.17) is 0 Å². The number of hydrogen-bond acceptors (Lipinski definition) is 3. The van der Waals surface area contributed by atoms with Crippen LogP contribution in [0.25, 0.3) is 0 Å². The molecule has 7 heteroatoms. The highest BCUT2D eigenvalue weighted by molar-refractivity contribution is 6.43. The van der Waals surface area contributed by atoms with Gasteiger partial charge in [0.15, 0.2) is 0 Å². The number of anilines is 1. The van der Waals surface area contributed by atoms with Gasteiger partial charge < -0.3 is 15.2 Å². The van der Waals surface area contributed by atoms with E-state index >= 15 is 0 Å². The fraction of sp³-hybridized carbons (Fsp3) is 0.316. The highest BCUT2D eigenvalue weighted by Crippen LogP contribution is 2.16. The fourth-order valence-electron chi connectivity index (χ4n) is 2.36. The summed E-state index contributed by atoms with van der Waals surface area (Å²) in [6.45, 7) is 6.91. The van der Waals surface area contributed by atoms with Crippen molar-refractivity contribution in [3.8, 4) is 0 Å². The molecule has 2 N–H and O–H groups in total. The zero-order chi connectivity index (χ0) is 19.6. The summed E-state index contributed by atoms with van der Waals surface area (Å²) in [5.41, 5.74) is 0.633. The summed E-state index contributed by atoms with van der Waals surface area (Å²) in [6.07, 6.45) is 1.43. The summed E-state index contributed by atoms with van der Waals surface area (Å²) >= 11 is 0. The summed E-state index contributed by atoms with van der Waals surface area (Å²) in [5, 5.41) is 5.24. The number of nitrogens with zero attached hydrogens (tertiary/aromatic N) is 1. The number of aromatic nitrogens is 1. The minimum absolute atomic E-state index is 0.120. The van der Waals surface area contributed by atoms with Gasteiger partial charge in [0.05, 0.1) is 0 Å². The van der Waals surface area contributed by atoms with E-state index in [2.05, 4.69) is 10.6 Å². The first-order valence-corrected chi connectivity index (χ1v) is 8.08. The van der Waals surface area contributed by atoms with Gasteiger partial charge in [-0.3, -0.25) is 14.4 Å². The molecule has 0 saturated heterocycles. The molecule has 0 fully saturated rings. The molecular formula is C19H22FN3O3. The standard InChI is InChI=1S/C19H22FN3O3/c1-11-8-13(6-7-14(11)20)21-17(25)15-9-12(10-23(15)5)16(24)18(26)22-19(2,3)4/h6-10H,1-5H3,(H,21,25)(H,22,26). The molecule has 0 aliphatic rings. The van der Waals surface area contributed by atoms with Crippen LogP contribution < -0.4 is 10.6 Å². The second kappa shape index (κ2) is 7.11. The Labute approximate surface area is 151 Å². The van der Waals surface area contributed by atoms with Crippen LogP contribution in [-0.2, 0) is 11.8 Å². The topological polar surface area (TPSA) is 80.2 Å². The van der Waals surface area contributed by atoms with Gasteiger partial charge in [0.2, 0.25) is 0 Å². The lowest BCUT2D eigenvalue weighted by Gasteiger charge is -2.19. The van der Waals surface area contributed by atoms with Gasteiger partial charge in [0, 0.05) is 30.0 Å². The van der Waals surface area contributed by atoms with Crippen LogP contribution in [0.15, 0.2) is 30.5 Å². The van der Waals surface area contributed by atoms with E-state index < -0.39 is 23.1 Å². The Hall–Kier alpha value is -2.96. The summed E-state index contributed by atoms with van der Waals surface area (Å²) in [6, 6.07) is 5.59. The predicted octanol–water partition coefficient (Wildman–Crippen LogP) is 2.82. The Morgan fingerprint density at radius 2 is 1.77 bits per heavy atom. The van der Waals surface area contributed by atoms with Crippen LogP contribution in [0.3, 0.4) is 0 Å². The van der Waals surface area contributed by atoms with Crippen LogP contribution in [-0.4, -0.2) is 27.7 Å². The zero-order valence-corrected chi connectivity index (χ0v) is 15.4. The predicted molar refractivity (Wildman–Crippen MR) is 96.7 cm³/mol. The molecule has 2 rings (SSSR count). The van der Waals surface area contributed by atoms with E-state index in [1.807, 2.05) is 0 Å². The van der Waals surface area contributed by atoms with Gasteiger partial charge in [0.1, 0.15) is 11.5 Å². The number of nitrogens with one attached hydrogen (secondary N) is 2. The highest BCUT2D eigenvalue weighted by atomic mass is 19.1. The van der Waals surface area contributed by atoms with Crippen LogP contribution >= 0.6 is 0 Å². The minimum atomic E-state index is -0.732. The van der Waals surface area contributed by atoms with Crippen molar-refractivity contribution in [3.05, 3.63) is 53.1 Å². The normalized spacial score (nSPS) is 11.2. The molecule has 0 radical (unpaired) electrons. The van der Waals surface area contributed by atoms with E-state index in [9.17, 15) is 18.8 Å². The first-order chi connectivity index (χ1) is 12.0. The third kappa shape index (κ3) is 4.56. The van der Waals surface area contributed by atoms with Gasteiger partial charge in [-0.1, -0.05) is 0 Å². The van der Waals surface area contributed by atoms with E-state index in [0.717, 1.165) is 0 Å². The van der Waals surface area contributed by atoms with Crippen molar-refractivity contribution in [1.82, 2.24) is 9.88 Å². The Morgan fingerprint density at radius 3 is 2.35 bits per heavy atom. The molecule has 0 saturated carbocycles. The number of aryl methyl sites for hydroxylation is 2. The van der Waals surface area contributed by atoms with Crippen molar-refractivity contribution in [2.45, 2.75) is 33.2 Å². The minimum Gasteiger partial charge on any atom is -0.346 e. The number of halogens is 1. The maximum absolute atomic E-state index is 13.3. The van der Waals surface area contributed by atoms with Crippen molar-refractivity contribution in [3.63, 3.8) is 0 Å². The molecule has 0 bridgehead atoms. The second-order valence-corrected chi connectivity index (χ2v) is 7.18. The summed E-state index contributed by atoms with van der Waals surface area (Å²) in [7, 11) is 1.60. The van der Waals surface area contributed by atoms with Crippen molar-refractivity contribution in [2.75, 3.05) is 5.32 Å². The number of amides is 2. The quantitative estimate of drug-likeness (QED) is 0.651. The number of carbonyl (C=O) groups is 3. The van der Waals surface area contributed by atoms with Crippen LogP contribution in [0.5, 0.6) is 0 Å². The molecule has 0 unspecified atom stereocenters. The first-order valence-electron chi connectivity index (χ1n) is 8.08. The zero-order valence-electron chi connectivity index (χ0n) is 15.4. The van der Waals surface area contributed by atoms with Crippen LogP contribution in [0.1, 0.15) is 47.2 Å². The molecule has 26 heavy (non-hydrogen) atoms. The molecule has 2 amide bonds. The first kappa shape index (κ1) is 19.4. The lowest BCUT2D eigenvalue weighted by Crippen LogP contribution is -2.44. The molecule has 138 valence electrons. The molecule has 0 spiro atoms. The smallest absolute Gasteiger partial charge is 0.292 e. The largest absolute Gasteiger partial charge is 0.346 e. The number of benzene rings is 1. The second-order valence-electron chi connectivity index (χ2n) is 7.18. The van der Waals surface area contributed by atoms with E-state index in [-0.39, 0.29) is 17.1 Å². The molecule has 0 aliphatic carbocycles. The third-order valence-electron chi connectivity index (χ3n) is 3.61. The monoisotopic (exact) mass is 359 g/mol. The maximum Gasteiger partial charge on any atom is 0.292 e. The average Bonchev–Trinajstić information content (AvgIpc) is 2.90. The Kier molecular flexibility index (Phi) is 5.30. The Morgan fingerprint density at radius 1 is 1.12 bits per heavy atom. The summed E-state index contributed by atoms with van der Waals surface area (Å²) < 4.78 is 14.8. The van der Waals surface area contributed by atoms with Gasteiger partial charge in [-0.05, 0) is 57.5 Å². The summed E-state index contributed by atoms with van der Waals surface area (Å²) in [5.74, 6) is -2.27. The molecule has 1 aromatic heterocycles. The molecule has 0 atom stereocenters. The summed E-state index contributed by atoms with van der Waals surface area (Å²) in [4.78, 5) is 36.7. The van der Waals surface area contributed by atoms with Crippen molar-refractivity contribution >= 4 is 23.3 Å². The lowest BCUT2D eigenvalue weighted by molar-refractivity contribution is -0.118. The molecule has 1 aromatic carbocycles. The van der Waals surface area contributed by atoms with E-state index in [1.165, 1.54) is 35.0 Å². The maximum atomic E-state index is 13.3. The van der Waals surface area contributed by atoms with E-state index in [1.54, 1.807) is 34.7 Å². The SMILES string of the molecule is Cc1cc(NC(=O)c2cc(C(=O)C(=O)NC(C)(C)C)cn2C)ccc1F. The van der Waals surface area contributed by atoms with Gasteiger partial charge in [-0.25, -0.2) is 4.39 Å². The molecule has 6 nitrogen and oxygen atoms in total. The van der Waals surface area contributed by atoms with Crippen molar-refractivity contribution in [2.24, 2.45) is 7.05 Å². The number of rotatable bonds is 4. The van der Waals surface area contributed by atoms with Crippen molar-refractivity contribution in [1.29, 1.82) is 0 Å².